The summed E-state index contributed by atoms with van der Waals surface area (Å²) in [4.78, 5) is 13.6. The number of hydrogen-bond donors (Lipinski definition) is 0. The molecular formula is C17H18NO2Y-. The van der Waals surface area contributed by atoms with E-state index in [0.29, 0.717) is 13.0 Å². The number of amides is 1. The van der Waals surface area contributed by atoms with E-state index in [1.54, 1.807) is 18.9 Å². The zero-order chi connectivity index (χ0) is 14.5. The summed E-state index contributed by atoms with van der Waals surface area (Å²) in [6, 6.07) is 7.66. The molecule has 1 aromatic carbocycles. The quantitative estimate of drug-likeness (QED) is 0.615. The number of benzene rings is 1. The largest absolute Gasteiger partial charge is 0.481 e. The van der Waals surface area contributed by atoms with Gasteiger partial charge in [0.05, 0.1) is 0 Å². The van der Waals surface area contributed by atoms with Gasteiger partial charge in [-0.3, -0.25) is 4.79 Å². The van der Waals surface area contributed by atoms with Gasteiger partial charge in [-0.15, -0.1) is 23.8 Å². The number of hydrogen-bond acceptors (Lipinski definition) is 2. The molecule has 1 aromatic rings. The molecule has 21 heavy (non-hydrogen) atoms. The Hall–Kier alpha value is -1.11. The zero-order valence-electron chi connectivity index (χ0n) is 12.6. The van der Waals surface area contributed by atoms with Crippen LogP contribution in [0.25, 0.3) is 5.70 Å². The molecule has 0 saturated heterocycles. The molecule has 1 atom stereocenters. The van der Waals surface area contributed by atoms with Crippen molar-refractivity contribution in [2.24, 2.45) is 5.92 Å². The van der Waals surface area contributed by atoms with Gasteiger partial charge in [0.15, 0.2) is 0 Å². The average Bonchev–Trinajstić information content (AvgIpc) is 2.46. The summed E-state index contributed by atoms with van der Waals surface area (Å²) < 4.78 is 5.47. The van der Waals surface area contributed by atoms with Crippen LogP contribution in [-0.4, -0.2) is 24.5 Å². The van der Waals surface area contributed by atoms with Gasteiger partial charge < -0.3 is 9.64 Å². The third-order valence-corrected chi connectivity index (χ3v) is 3.28. The van der Waals surface area contributed by atoms with Gasteiger partial charge in [-0.25, -0.2) is 6.08 Å². The van der Waals surface area contributed by atoms with Crippen molar-refractivity contribution in [3.05, 3.63) is 35.9 Å². The SMILES string of the molecule is CC#CCOc1ccc(C2=[C-]CC(C)C(=O)N2C)cc1.[Y]. The van der Waals surface area contributed by atoms with Crippen LogP contribution in [0.2, 0.25) is 0 Å². The molecule has 0 spiro atoms. The first-order valence-corrected chi connectivity index (χ1v) is 6.64. The maximum atomic E-state index is 12.0. The third-order valence-electron chi connectivity index (χ3n) is 3.28. The Balaban J connectivity index is 0.00000220. The summed E-state index contributed by atoms with van der Waals surface area (Å²) in [5.41, 5.74) is 1.81. The van der Waals surface area contributed by atoms with E-state index in [4.69, 9.17) is 4.74 Å². The van der Waals surface area contributed by atoms with E-state index in [2.05, 4.69) is 17.9 Å². The first-order chi connectivity index (χ1) is 9.63. The molecule has 0 fully saturated rings. The molecule has 1 aliphatic heterocycles. The van der Waals surface area contributed by atoms with Crippen molar-refractivity contribution in [3.63, 3.8) is 0 Å². The number of carbonyl (C=O) groups excluding carboxylic acids is 1. The summed E-state index contributed by atoms with van der Waals surface area (Å²) in [6.07, 6.45) is 3.97. The minimum Gasteiger partial charge on any atom is -0.481 e. The first kappa shape index (κ1) is 17.9. The molecule has 0 N–H and O–H groups in total. The van der Waals surface area contributed by atoms with Crippen molar-refractivity contribution >= 4 is 11.6 Å². The van der Waals surface area contributed by atoms with Crippen LogP contribution in [-0.2, 0) is 37.5 Å². The number of ether oxygens (including phenoxy) is 1. The van der Waals surface area contributed by atoms with Gasteiger partial charge in [-0.2, -0.15) is 5.56 Å². The second-order valence-corrected chi connectivity index (χ2v) is 4.77. The van der Waals surface area contributed by atoms with Crippen molar-refractivity contribution in [3.8, 4) is 17.6 Å². The molecule has 1 aliphatic rings. The fourth-order valence-electron chi connectivity index (χ4n) is 2.09. The monoisotopic (exact) mass is 357 g/mol. The van der Waals surface area contributed by atoms with Gasteiger partial charge in [0.2, 0.25) is 5.91 Å². The minimum atomic E-state index is 0. The smallest absolute Gasteiger partial charge is 0.225 e. The average molecular weight is 357 g/mol. The first-order valence-electron chi connectivity index (χ1n) is 6.64. The van der Waals surface area contributed by atoms with Crippen LogP contribution in [0, 0.1) is 23.8 Å². The standard InChI is InChI=1S/C17H18NO2.Y/c1-4-5-12-20-15-9-7-14(8-10-15)16-11-6-13(2)17(19)18(16)3;/h7-10,13H,6,12H2,1-3H3;/q-1;. The number of rotatable bonds is 3. The third kappa shape index (κ3) is 4.43. The number of allylic oxidation sites excluding steroid dienone is 1. The molecule has 1 unspecified atom stereocenters. The van der Waals surface area contributed by atoms with Crippen molar-refractivity contribution in [1.82, 2.24) is 4.90 Å². The second kappa shape index (κ2) is 8.36. The molecular weight excluding hydrogens is 339 g/mol. The molecule has 1 amide bonds. The summed E-state index contributed by atoms with van der Waals surface area (Å²) >= 11 is 0. The van der Waals surface area contributed by atoms with Gasteiger partial charge >= 0.3 is 0 Å². The Morgan fingerprint density at radius 2 is 2.05 bits per heavy atom. The van der Waals surface area contributed by atoms with E-state index in [-0.39, 0.29) is 44.5 Å². The summed E-state index contributed by atoms with van der Waals surface area (Å²) in [7, 11) is 1.79. The van der Waals surface area contributed by atoms with E-state index in [0.717, 1.165) is 17.0 Å². The second-order valence-electron chi connectivity index (χ2n) is 4.77. The Morgan fingerprint density at radius 1 is 1.38 bits per heavy atom. The van der Waals surface area contributed by atoms with Gasteiger partial charge in [0.25, 0.3) is 0 Å². The maximum Gasteiger partial charge on any atom is 0.225 e. The molecule has 4 heteroatoms. The number of nitrogens with zero attached hydrogens (tertiary/aromatic N) is 1. The van der Waals surface area contributed by atoms with E-state index in [1.165, 1.54) is 0 Å². The number of carbonyl (C=O) groups is 1. The summed E-state index contributed by atoms with van der Waals surface area (Å²) in [6.45, 7) is 4.10. The van der Waals surface area contributed by atoms with Crippen LogP contribution in [0.4, 0.5) is 0 Å². The molecule has 107 valence electrons. The van der Waals surface area contributed by atoms with Crippen LogP contribution < -0.4 is 4.74 Å². The van der Waals surface area contributed by atoms with Crippen molar-refractivity contribution in [1.29, 1.82) is 0 Å². The predicted octanol–water partition coefficient (Wildman–Crippen LogP) is 2.73. The minimum absolute atomic E-state index is 0. The Labute approximate surface area is 151 Å². The molecule has 0 saturated carbocycles. The van der Waals surface area contributed by atoms with E-state index >= 15 is 0 Å². The fraction of sp³-hybridized carbons (Fsp3) is 0.353. The van der Waals surface area contributed by atoms with Crippen LogP contribution in [0.1, 0.15) is 25.8 Å². The topological polar surface area (TPSA) is 29.5 Å². The van der Waals surface area contributed by atoms with Crippen LogP contribution >= 0.6 is 0 Å². The Morgan fingerprint density at radius 3 is 2.67 bits per heavy atom. The van der Waals surface area contributed by atoms with Crippen LogP contribution in [0.3, 0.4) is 0 Å². The predicted molar refractivity (Wildman–Crippen MR) is 78.6 cm³/mol. The normalized spacial score (nSPS) is 17.3. The molecule has 0 aromatic heterocycles. The van der Waals surface area contributed by atoms with Gasteiger partial charge in [-0.1, -0.05) is 19.3 Å². The summed E-state index contributed by atoms with van der Waals surface area (Å²) in [5, 5.41) is 0. The van der Waals surface area contributed by atoms with E-state index in [1.807, 2.05) is 31.2 Å². The van der Waals surface area contributed by atoms with Gasteiger partial charge in [0.1, 0.15) is 12.4 Å². The van der Waals surface area contributed by atoms with Crippen LogP contribution in [0.5, 0.6) is 5.75 Å². The maximum absolute atomic E-state index is 12.0. The van der Waals surface area contributed by atoms with E-state index in [9.17, 15) is 4.79 Å². The van der Waals surface area contributed by atoms with Crippen LogP contribution in [0.15, 0.2) is 24.3 Å². The fourth-order valence-corrected chi connectivity index (χ4v) is 2.09. The molecule has 0 aliphatic carbocycles. The molecule has 3 nitrogen and oxygen atoms in total. The van der Waals surface area contributed by atoms with Crippen molar-refractivity contribution < 1.29 is 42.2 Å². The van der Waals surface area contributed by atoms with Crippen molar-refractivity contribution in [2.45, 2.75) is 20.3 Å². The van der Waals surface area contributed by atoms with Gasteiger partial charge in [0, 0.05) is 45.7 Å². The zero-order valence-corrected chi connectivity index (χ0v) is 15.5. The Bertz CT molecular complexity index is 581. The molecule has 1 radical (unpaired) electrons. The summed E-state index contributed by atoms with van der Waals surface area (Å²) in [5.74, 6) is 6.56. The molecule has 2 rings (SSSR count). The molecule has 1 heterocycles. The Kier molecular flexibility index (Phi) is 7.15. The van der Waals surface area contributed by atoms with Crippen molar-refractivity contribution in [2.75, 3.05) is 13.7 Å². The van der Waals surface area contributed by atoms with E-state index < -0.39 is 0 Å². The molecule has 0 bridgehead atoms. The van der Waals surface area contributed by atoms with Gasteiger partial charge in [-0.05, 0) is 19.1 Å².